The Labute approximate surface area is 125 Å². The van der Waals surface area contributed by atoms with Crippen LogP contribution in [0.15, 0.2) is 28.7 Å². The summed E-state index contributed by atoms with van der Waals surface area (Å²) >= 11 is 9.46. The van der Waals surface area contributed by atoms with E-state index in [1.54, 1.807) is 18.2 Å². The van der Waals surface area contributed by atoms with Crippen molar-refractivity contribution in [2.75, 3.05) is 11.9 Å². The molecule has 6 heteroatoms. The van der Waals surface area contributed by atoms with Gasteiger partial charge in [-0.3, -0.25) is 0 Å². The molecule has 1 heterocycles. The first-order chi connectivity index (χ1) is 9.08. The Morgan fingerprint density at radius 1 is 1.32 bits per heavy atom. The van der Waals surface area contributed by atoms with Crippen LogP contribution in [0, 0.1) is 6.92 Å². The molecule has 0 atom stereocenters. The lowest BCUT2D eigenvalue weighted by Crippen LogP contribution is -2.04. The van der Waals surface area contributed by atoms with Gasteiger partial charge in [0.2, 0.25) is 11.8 Å². The summed E-state index contributed by atoms with van der Waals surface area (Å²) in [7, 11) is 0. The Bertz CT molecular complexity index is 592. The van der Waals surface area contributed by atoms with Gasteiger partial charge in [0.15, 0.2) is 0 Å². The number of ether oxygens (including phenoxy) is 1. The van der Waals surface area contributed by atoms with Gasteiger partial charge in [-0.25, -0.2) is 4.98 Å². The maximum atomic E-state index is 6.08. The number of aryl methyl sites for hydroxylation is 1. The fourth-order valence-electron chi connectivity index (χ4n) is 1.50. The minimum absolute atomic E-state index is 0.462. The first-order valence-electron chi connectivity index (χ1n) is 5.81. The average Bonchev–Trinajstić information content (AvgIpc) is 2.33. The highest BCUT2D eigenvalue weighted by Gasteiger charge is 2.07. The highest BCUT2D eigenvalue weighted by molar-refractivity contribution is 9.10. The van der Waals surface area contributed by atoms with Crippen LogP contribution in [0.2, 0.25) is 5.02 Å². The molecule has 1 N–H and O–H groups in total. The van der Waals surface area contributed by atoms with E-state index in [0.717, 1.165) is 16.7 Å². The van der Waals surface area contributed by atoms with Crippen LogP contribution in [0.4, 0.5) is 5.95 Å². The summed E-state index contributed by atoms with van der Waals surface area (Å²) in [6.07, 6.45) is 0. The van der Waals surface area contributed by atoms with Crippen molar-refractivity contribution in [3.8, 4) is 11.6 Å². The van der Waals surface area contributed by atoms with E-state index in [-0.39, 0.29) is 0 Å². The second-order valence-electron chi connectivity index (χ2n) is 3.88. The summed E-state index contributed by atoms with van der Waals surface area (Å²) in [6.45, 7) is 4.62. The smallest absolute Gasteiger partial charge is 0.226 e. The lowest BCUT2D eigenvalue weighted by molar-refractivity contribution is 0.461. The van der Waals surface area contributed by atoms with Crippen LogP contribution in [-0.4, -0.2) is 16.5 Å². The fraction of sp³-hybridized carbons (Fsp3) is 0.231. The van der Waals surface area contributed by atoms with Gasteiger partial charge in [0.1, 0.15) is 5.75 Å². The van der Waals surface area contributed by atoms with Crippen LogP contribution in [0.5, 0.6) is 11.6 Å². The summed E-state index contributed by atoms with van der Waals surface area (Å²) < 4.78 is 6.60. The van der Waals surface area contributed by atoms with Crippen molar-refractivity contribution < 1.29 is 4.74 Å². The quantitative estimate of drug-likeness (QED) is 0.893. The molecule has 0 saturated carbocycles. The molecule has 1 aromatic carbocycles. The molecule has 100 valence electrons. The standard InChI is InChI=1S/C13H13BrClN3O/c1-3-16-13-17-8(2)6-12(18-13)19-11-7-9(14)4-5-10(11)15/h4-7H,3H2,1-2H3,(H,16,17,18). The molecular weight excluding hydrogens is 330 g/mol. The number of hydrogen-bond donors (Lipinski definition) is 1. The number of benzene rings is 1. The first kappa shape index (κ1) is 14.1. The first-order valence-corrected chi connectivity index (χ1v) is 6.98. The van der Waals surface area contributed by atoms with Crippen LogP contribution >= 0.6 is 27.5 Å². The molecule has 0 radical (unpaired) electrons. The zero-order valence-corrected chi connectivity index (χ0v) is 12.9. The maximum Gasteiger partial charge on any atom is 0.226 e. The number of hydrogen-bond acceptors (Lipinski definition) is 4. The summed E-state index contributed by atoms with van der Waals surface area (Å²) in [5, 5.41) is 3.59. The molecule has 19 heavy (non-hydrogen) atoms. The monoisotopic (exact) mass is 341 g/mol. The predicted octanol–water partition coefficient (Wildman–Crippen LogP) is 4.43. The number of nitrogens with zero attached hydrogens (tertiary/aromatic N) is 2. The molecule has 0 fully saturated rings. The number of nitrogens with one attached hydrogen (secondary N) is 1. The Hall–Kier alpha value is -1.33. The fourth-order valence-corrected chi connectivity index (χ4v) is 1.99. The number of rotatable bonds is 4. The van der Waals surface area contributed by atoms with Crippen LogP contribution in [-0.2, 0) is 0 Å². The Morgan fingerprint density at radius 2 is 2.11 bits per heavy atom. The van der Waals surface area contributed by atoms with E-state index in [0.29, 0.717) is 22.6 Å². The second-order valence-corrected chi connectivity index (χ2v) is 5.20. The molecule has 0 amide bonds. The third-order valence-electron chi connectivity index (χ3n) is 2.27. The topological polar surface area (TPSA) is 47.0 Å². The van der Waals surface area contributed by atoms with Crippen molar-refractivity contribution in [3.05, 3.63) is 39.5 Å². The molecule has 1 aromatic heterocycles. The summed E-state index contributed by atoms with van der Waals surface area (Å²) in [5.41, 5.74) is 0.826. The number of anilines is 1. The van der Waals surface area contributed by atoms with Gasteiger partial charge in [-0.05, 0) is 32.0 Å². The molecular formula is C13H13BrClN3O. The van der Waals surface area contributed by atoms with E-state index in [1.807, 2.05) is 19.9 Å². The average molecular weight is 343 g/mol. The minimum atomic E-state index is 0.462. The predicted molar refractivity (Wildman–Crippen MR) is 80.2 cm³/mol. The van der Waals surface area contributed by atoms with Gasteiger partial charge in [0.25, 0.3) is 0 Å². The van der Waals surface area contributed by atoms with Crippen molar-refractivity contribution in [2.45, 2.75) is 13.8 Å². The molecule has 0 bridgehead atoms. The van der Waals surface area contributed by atoms with Crippen LogP contribution < -0.4 is 10.1 Å². The van der Waals surface area contributed by atoms with E-state index < -0.39 is 0 Å². The minimum Gasteiger partial charge on any atom is -0.437 e. The van der Waals surface area contributed by atoms with Gasteiger partial charge in [-0.2, -0.15) is 4.98 Å². The van der Waals surface area contributed by atoms with E-state index in [1.165, 1.54) is 0 Å². The van der Waals surface area contributed by atoms with Gasteiger partial charge >= 0.3 is 0 Å². The van der Waals surface area contributed by atoms with Crippen molar-refractivity contribution >= 4 is 33.5 Å². The van der Waals surface area contributed by atoms with Crippen molar-refractivity contribution in [2.24, 2.45) is 0 Å². The highest BCUT2D eigenvalue weighted by atomic mass is 79.9. The normalized spacial score (nSPS) is 10.3. The zero-order chi connectivity index (χ0) is 13.8. The van der Waals surface area contributed by atoms with Gasteiger partial charge < -0.3 is 10.1 Å². The molecule has 0 aliphatic heterocycles. The lowest BCUT2D eigenvalue weighted by atomic mass is 10.3. The van der Waals surface area contributed by atoms with Crippen LogP contribution in [0.25, 0.3) is 0 Å². The summed E-state index contributed by atoms with van der Waals surface area (Å²) in [5.74, 6) is 1.56. The summed E-state index contributed by atoms with van der Waals surface area (Å²) in [4.78, 5) is 8.53. The van der Waals surface area contributed by atoms with Gasteiger partial charge in [0, 0.05) is 22.8 Å². The number of aromatic nitrogens is 2. The Kier molecular flexibility index (Phi) is 4.61. The van der Waals surface area contributed by atoms with E-state index >= 15 is 0 Å². The third-order valence-corrected chi connectivity index (χ3v) is 3.08. The third kappa shape index (κ3) is 3.81. The molecule has 2 rings (SSSR count). The number of halogens is 2. The van der Waals surface area contributed by atoms with E-state index in [9.17, 15) is 0 Å². The van der Waals surface area contributed by atoms with Crippen molar-refractivity contribution in [1.29, 1.82) is 0 Å². The molecule has 0 unspecified atom stereocenters. The largest absolute Gasteiger partial charge is 0.437 e. The molecule has 4 nitrogen and oxygen atoms in total. The van der Waals surface area contributed by atoms with Gasteiger partial charge in [0.05, 0.1) is 5.02 Å². The molecule has 2 aromatic rings. The second kappa shape index (κ2) is 6.21. The Balaban J connectivity index is 2.29. The van der Waals surface area contributed by atoms with Gasteiger partial charge in [-0.15, -0.1) is 0 Å². The van der Waals surface area contributed by atoms with E-state index in [2.05, 4.69) is 31.2 Å². The summed E-state index contributed by atoms with van der Waals surface area (Å²) in [6, 6.07) is 7.18. The molecule has 0 aliphatic carbocycles. The van der Waals surface area contributed by atoms with Crippen molar-refractivity contribution in [3.63, 3.8) is 0 Å². The van der Waals surface area contributed by atoms with E-state index in [4.69, 9.17) is 16.3 Å². The van der Waals surface area contributed by atoms with Gasteiger partial charge in [-0.1, -0.05) is 27.5 Å². The van der Waals surface area contributed by atoms with Crippen molar-refractivity contribution in [1.82, 2.24) is 9.97 Å². The molecule has 0 saturated heterocycles. The van der Waals surface area contributed by atoms with Crippen LogP contribution in [0.3, 0.4) is 0 Å². The SMILES string of the molecule is CCNc1nc(C)cc(Oc2cc(Br)ccc2Cl)n1. The highest BCUT2D eigenvalue weighted by Crippen LogP contribution is 2.31. The lowest BCUT2D eigenvalue weighted by Gasteiger charge is -2.09. The van der Waals surface area contributed by atoms with Crippen LogP contribution in [0.1, 0.15) is 12.6 Å². The zero-order valence-electron chi connectivity index (χ0n) is 10.6. The maximum absolute atomic E-state index is 6.08. The molecule has 0 aliphatic rings. The molecule has 0 spiro atoms. The Morgan fingerprint density at radius 3 is 2.84 bits per heavy atom.